The number of hydrogen-bond acceptors (Lipinski definition) is 3. The molecule has 3 rings (SSSR count). The predicted molar refractivity (Wildman–Crippen MR) is 64.6 cm³/mol. The molecule has 5 nitrogen and oxygen atoms in total. The lowest BCUT2D eigenvalue weighted by molar-refractivity contribution is 0.943. The van der Waals surface area contributed by atoms with Crippen LogP contribution in [0.1, 0.15) is 0 Å². The number of nitrogens with one attached hydrogen (secondary N) is 1. The number of rotatable bonds is 1. The Kier molecular flexibility index (Phi) is 2.04. The maximum absolute atomic E-state index is 11.9. The fourth-order valence-electron chi connectivity index (χ4n) is 1.79. The van der Waals surface area contributed by atoms with E-state index < -0.39 is 0 Å². The zero-order valence-corrected chi connectivity index (χ0v) is 9.21. The van der Waals surface area contributed by atoms with Crippen LogP contribution in [0.4, 0.5) is 0 Å². The molecule has 0 aromatic carbocycles. The average Bonchev–Trinajstić information content (AvgIpc) is 2.73. The minimum absolute atomic E-state index is 0.130. The number of pyridine rings is 1. The second kappa shape index (κ2) is 3.55. The minimum atomic E-state index is -0.130. The molecule has 17 heavy (non-hydrogen) atoms. The molecule has 0 bridgehead atoms. The molecule has 3 heterocycles. The molecule has 0 unspecified atom stereocenters. The van der Waals surface area contributed by atoms with Crippen LogP contribution >= 0.6 is 0 Å². The average molecular weight is 226 g/mol. The van der Waals surface area contributed by atoms with Crippen LogP contribution < -0.4 is 5.56 Å². The summed E-state index contributed by atoms with van der Waals surface area (Å²) in [5.41, 5.74) is 1.34. The molecule has 0 aliphatic heterocycles. The Morgan fingerprint density at radius 2 is 2.24 bits per heavy atom. The summed E-state index contributed by atoms with van der Waals surface area (Å²) in [4.78, 5) is 23.1. The van der Waals surface area contributed by atoms with E-state index in [4.69, 9.17) is 0 Å². The first-order chi connectivity index (χ1) is 8.25. The summed E-state index contributed by atoms with van der Waals surface area (Å²) in [5.74, 6) is 0.539. The van der Waals surface area contributed by atoms with E-state index in [1.807, 2.05) is 29.9 Å². The molecule has 0 spiro atoms. The summed E-state index contributed by atoms with van der Waals surface area (Å²) in [5, 5.41) is 0.597. The molecule has 0 saturated carbocycles. The van der Waals surface area contributed by atoms with Crippen LogP contribution in [0.5, 0.6) is 0 Å². The van der Waals surface area contributed by atoms with E-state index in [0.29, 0.717) is 16.9 Å². The molecule has 1 N–H and O–H groups in total. The van der Waals surface area contributed by atoms with Crippen molar-refractivity contribution in [1.82, 2.24) is 19.5 Å². The van der Waals surface area contributed by atoms with E-state index in [1.54, 1.807) is 18.5 Å². The van der Waals surface area contributed by atoms with E-state index in [1.165, 1.54) is 0 Å². The smallest absolute Gasteiger partial charge is 0.260 e. The molecule has 0 saturated heterocycles. The van der Waals surface area contributed by atoms with Gasteiger partial charge in [-0.3, -0.25) is 9.78 Å². The van der Waals surface area contributed by atoms with Crippen molar-refractivity contribution in [2.45, 2.75) is 0 Å². The molecule has 0 aliphatic carbocycles. The first kappa shape index (κ1) is 9.77. The zero-order chi connectivity index (χ0) is 11.8. The molecular formula is C12H10N4O. The van der Waals surface area contributed by atoms with Crippen LogP contribution in [-0.2, 0) is 7.05 Å². The largest absolute Gasteiger partial charge is 0.335 e. The number of fused-ring (bicyclic) bond motifs is 1. The highest BCUT2D eigenvalue weighted by atomic mass is 16.1. The molecule has 5 heteroatoms. The van der Waals surface area contributed by atoms with E-state index in [2.05, 4.69) is 15.0 Å². The van der Waals surface area contributed by atoms with Gasteiger partial charge < -0.3 is 9.55 Å². The Morgan fingerprint density at radius 1 is 1.35 bits per heavy atom. The zero-order valence-electron chi connectivity index (χ0n) is 9.21. The number of H-pyrrole nitrogens is 1. The van der Waals surface area contributed by atoms with Crippen molar-refractivity contribution in [1.29, 1.82) is 0 Å². The fraction of sp³-hybridized carbons (Fsp3) is 0.0833. The van der Waals surface area contributed by atoms with Gasteiger partial charge in [0.2, 0.25) is 0 Å². The van der Waals surface area contributed by atoms with Crippen molar-refractivity contribution in [3.8, 4) is 11.4 Å². The molecule has 84 valence electrons. The van der Waals surface area contributed by atoms with Crippen molar-refractivity contribution in [2.24, 2.45) is 7.05 Å². The van der Waals surface area contributed by atoms with E-state index in [9.17, 15) is 4.79 Å². The van der Waals surface area contributed by atoms with Gasteiger partial charge >= 0.3 is 0 Å². The summed E-state index contributed by atoms with van der Waals surface area (Å²) in [6, 6.07) is 5.43. The third kappa shape index (κ3) is 1.52. The molecule has 0 amide bonds. The Hall–Kier alpha value is -2.43. The van der Waals surface area contributed by atoms with Gasteiger partial charge in [0.05, 0.1) is 5.39 Å². The number of aromatic nitrogens is 4. The SMILES string of the molecule is Cn1ccc2c(=O)[nH]c(-c3cccnc3)nc21. The topological polar surface area (TPSA) is 63.6 Å². The molecule has 3 aromatic heterocycles. The van der Waals surface area contributed by atoms with Crippen LogP contribution in [0.2, 0.25) is 0 Å². The number of hydrogen-bond donors (Lipinski definition) is 1. The van der Waals surface area contributed by atoms with Crippen molar-refractivity contribution in [2.75, 3.05) is 0 Å². The standard InChI is InChI=1S/C12H10N4O/c1-16-6-4-9-11(16)14-10(15-12(9)17)8-3-2-5-13-7-8/h2-7H,1H3,(H,14,15,17). The third-order valence-corrected chi connectivity index (χ3v) is 2.67. The highest BCUT2D eigenvalue weighted by Crippen LogP contribution is 2.14. The van der Waals surface area contributed by atoms with Gasteiger partial charge in [0, 0.05) is 31.2 Å². The summed E-state index contributed by atoms with van der Waals surface area (Å²) in [7, 11) is 1.86. The Labute approximate surface area is 96.8 Å². The van der Waals surface area contributed by atoms with Gasteiger partial charge in [-0.15, -0.1) is 0 Å². The molecule has 3 aromatic rings. The van der Waals surface area contributed by atoms with Gasteiger partial charge in [0.1, 0.15) is 11.5 Å². The lowest BCUT2D eigenvalue weighted by Crippen LogP contribution is -2.09. The number of aromatic amines is 1. The molecule has 0 fully saturated rings. The second-order valence-electron chi connectivity index (χ2n) is 3.82. The Balaban J connectivity index is 2.32. The number of nitrogens with zero attached hydrogens (tertiary/aromatic N) is 3. The maximum atomic E-state index is 11.9. The van der Waals surface area contributed by atoms with Crippen LogP contribution in [0, 0.1) is 0 Å². The quantitative estimate of drug-likeness (QED) is 0.680. The highest BCUT2D eigenvalue weighted by molar-refractivity contribution is 5.76. The van der Waals surface area contributed by atoms with E-state index in [0.717, 1.165) is 5.56 Å². The lowest BCUT2D eigenvalue weighted by atomic mass is 10.2. The van der Waals surface area contributed by atoms with Crippen molar-refractivity contribution >= 4 is 11.0 Å². The molecule has 0 atom stereocenters. The van der Waals surface area contributed by atoms with Crippen LogP contribution in [-0.4, -0.2) is 19.5 Å². The fourth-order valence-corrected chi connectivity index (χ4v) is 1.79. The van der Waals surface area contributed by atoms with Gasteiger partial charge in [-0.05, 0) is 18.2 Å². The number of aryl methyl sites for hydroxylation is 1. The van der Waals surface area contributed by atoms with Gasteiger partial charge in [-0.2, -0.15) is 0 Å². The first-order valence-electron chi connectivity index (χ1n) is 5.21. The normalized spacial score (nSPS) is 10.9. The second-order valence-corrected chi connectivity index (χ2v) is 3.82. The third-order valence-electron chi connectivity index (χ3n) is 2.67. The van der Waals surface area contributed by atoms with Crippen LogP contribution in [0.3, 0.4) is 0 Å². The van der Waals surface area contributed by atoms with Crippen molar-refractivity contribution in [3.05, 3.63) is 47.1 Å². The predicted octanol–water partition coefficient (Wildman–Crippen LogP) is 1.32. The Morgan fingerprint density at radius 3 is 3.00 bits per heavy atom. The molecule has 0 aliphatic rings. The highest BCUT2D eigenvalue weighted by Gasteiger charge is 2.07. The van der Waals surface area contributed by atoms with Crippen LogP contribution in [0.25, 0.3) is 22.4 Å². The lowest BCUT2D eigenvalue weighted by Gasteiger charge is -2.01. The van der Waals surface area contributed by atoms with Crippen LogP contribution in [0.15, 0.2) is 41.6 Å². The maximum Gasteiger partial charge on any atom is 0.260 e. The van der Waals surface area contributed by atoms with Gasteiger partial charge in [0.25, 0.3) is 5.56 Å². The summed E-state index contributed by atoms with van der Waals surface area (Å²) in [6.45, 7) is 0. The molecular weight excluding hydrogens is 216 g/mol. The van der Waals surface area contributed by atoms with Gasteiger partial charge in [-0.1, -0.05) is 0 Å². The van der Waals surface area contributed by atoms with Crippen molar-refractivity contribution in [3.63, 3.8) is 0 Å². The first-order valence-corrected chi connectivity index (χ1v) is 5.21. The van der Waals surface area contributed by atoms with Crippen molar-refractivity contribution < 1.29 is 0 Å². The van der Waals surface area contributed by atoms with Gasteiger partial charge in [0.15, 0.2) is 0 Å². The van der Waals surface area contributed by atoms with E-state index >= 15 is 0 Å². The Bertz CT molecular complexity index is 727. The summed E-state index contributed by atoms with van der Waals surface area (Å²) < 4.78 is 1.82. The van der Waals surface area contributed by atoms with E-state index in [-0.39, 0.29) is 5.56 Å². The molecule has 0 radical (unpaired) electrons. The van der Waals surface area contributed by atoms with Gasteiger partial charge in [-0.25, -0.2) is 4.98 Å². The summed E-state index contributed by atoms with van der Waals surface area (Å²) in [6.07, 6.45) is 5.18. The summed E-state index contributed by atoms with van der Waals surface area (Å²) >= 11 is 0. The minimum Gasteiger partial charge on any atom is -0.335 e. The monoisotopic (exact) mass is 226 g/mol.